The van der Waals surface area contributed by atoms with Crippen molar-refractivity contribution < 1.29 is 21.6 Å². The normalized spacial score (nSPS) is 20.6. The molecule has 0 unspecified atom stereocenters. The molecule has 0 spiro atoms. The molecule has 1 aliphatic heterocycles. The zero-order valence-electron chi connectivity index (χ0n) is 22.8. The highest BCUT2D eigenvalue weighted by atomic mass is 32.2. The van der Waals surface area contributed by atoms with Gasteiger partial charge < -0.3 is 4.90 Å². The van der Waals surface area contributed by atoms with Gasteiger partial charge in [-0.3, -0.25) is 9.47 Å². The fraction of sp³-hybridized carbons (Fsp3) is 0.500. The number of halogens is 3. The fourth-order valence-corrected chi connectivity index (χ4v) is 7.78. The summed E-state index contributed by atoms with van der Waals surface area (Å²) in [6.45, 7) is 6.12. The molecular weight excluding hydrogens is 591 g/mol. The summed E-state index contributed by atoms with van der Waals surface area (Å²) >= 11 is 0.659. The number of aromatic nitrogens is 5. The molecule has 1 aromatic carbocycles. The lowest BCUT2D eigenvalue weighted by molar-refractivity contribution is 0.102. The summed E-state index contributed by atoms with van der Waals surface area (Å²) < 4.78 is 72.9. The van der Waals surface area contributed by atoms with Crippen LogP contribution in [0.3, 0.4) is 0 Å². The molecule has 42 heavy (non-hydrogen) atoms. The van der Waals surface area contributed by atoms with Crippen LogP contribution < -0.4 is 9.62 Å². The monoisotopic (exact) mass is 619 g/mol. The zero-order chi connectivity index (χ0) is 29.8. The molecule has 3 aromatic heterocycles. The van der Waals surface area contributed by atoms with Gasteiger partial charge in [-0.25, -0.2) is 31.6 Å². The Balaban J connectivity index is 1.50. The molecule has 2 atom stereocenters. The molecule has 16 heteroatoms. The first-order valence-corrected chi connectivity index (χ1v) is 15.9. The second-order valence-corrected chi connectivity index (χ2v) is 13.1. The van der Waals surface area contributed by atoms with E-state index >= 15 is 4.39 Å². The Bertz CT molecular complexity index is 1800. The van der Waals surface area contributed by atoms with Crippen molar-refractivity contribution in [2.45, 2.75) is 62.2 Å². The summed E-state index contributed by atoms with van der Waals surface area (Å²) in [5, 5.41) is 17.6. The molecule has 0 radical (unpaired) electrons. The van der Waals surface area contributed by atoms with Crippen LogP contribution in [-0.2, 0) is 10.0 Å². The van der Waals surface area contributed by atoms with E-state index < -0.39 is 33.2 Å². The van der Waals surface area contributed by atoms with Crippen LogP contribution in [0.4, 0.5) is 19.0 Å². The molecular formula is C26H28F3N9O2S2. The van der Waals surface area contributed by atoms with Crippen LogP contribution >= 0.6 is 11.3 Å². The van der Waals surface area contributed by atoms with Crippen LogP contribution in [-0.4, -0.2) is 82.0 Å². The highest BCUT2D eigenvalue weighted by Crippen LogP contribution is 2.40. The maximum atomic E-state index is 15.5. The minimum absolute atomic E-state index is 0.0664. The minimum Gasteiger partial charge on any atom is -0.353 e. The minimum atomic E-state index is -4.10. The molecule has 4 aromatic rings. The van der Waals surface area contributed by atoms with Crippen molar-refractivity contribution in [3.8, 4) is 11.2 Å². The third-order valence-electron chi connectivity index (χ3n) is 8.00. The van der Waals surface area contributed by atoms with Crippen molar-refractivity contribution in [1.29, 1.82) is 5.26 Å². The molecule has 11 nitrogen and oxygen atoms in total. The van der Waals surface area contributed by atoms with E-state index in [0.29, 0.717) is 64.9 Å². The quantitative estimate of drug-likeness (QED) is 0.296. The molecule has 0 bridgehead atoms. The topological polar surface area (TPSA) is 133 Å². The molecule has 1 saturated heterocycles. The Morgan fingerprint density at radius 3 is 2.62 bits per heavy atom. The predicted octanol–water partition coefficient (Wildman–Crippen LogP) is 3.96. The van der Waals surface area contributed by atoms with Crippen LogP contribution in [0.15, 0.2) is 29.4 Å². The van der Waals surface area contributed by atoms with E-state index in [1.807, 2.05) is 24.8 Å². The number of benzene rings is 1. The summed E-state index contributed by atoms with van der Waals surface area (Å²) in [5.74, 6) is 0.457. The Kier molecular flexibility index (Phi) is 7.32. The van der Waals surface area contributed by atoms with Crippen LogP contribution in [0.2, 0.25) is 0 Å². The molecule has 2 aliphatic rings. The maximum absolute atomic E-state index is 15.5. The van der Waals surface area contributed by atoms with Gasteiger partial charge in [0, 0.05) is 18.0 Å². The van der Waals surface area contributed by atoms with Crippen molar-refractivity contribution in [3.05, 3.63) is 29.5 Å². The number of rotatable bonds is 9. The summed E-state index contributed by atoms with van der Waals surface area (Å²) in [5.41, 5.74) is -0.514. The van der Waals surface area contributed by atoms with Crippen molar-refractivity contribution in [1.82, 2.24) is 34.4 Å². The Morgan fingerprint density at radius 1 is 1.24 bits per heavy atom. The number of hydrogen-bond donors (Lipinski definition) is 1. The number of fused-ring (bicyclic) bond motifs is 3. The number of hydrogen-bond acceptors (Lipinski definition) is 10. The summed E-state index contributed by atoms with van der Waals surface area (Å²) in [4.78, 5) is 12.8. The number of alkyl halides is 3. The SMILES string of the molecule is CCN(CC)[C@H]1CCN(c2ncnc3c2c2ccc(S(=O)(=O)NC4(C#N)CC4)cc2n3-c2nnc(C(F)F)s2)C[C@H]1F. The second kappa shape index (κ2) is 10.7. The van der Waals surface area contributed by atoms with Gasteiger partial charge in [0.1, 0.15) is 23.9 Å². The highest BCUT2D eigenvalue weighted by molar-refractivity contribution is 7.89. The van der Waals surface area contributed by atoms with Gasteiger partial charge in [0.15, 0.2) is 10.7 Å². The first kappa shape index (κ1) is 28.7. The average molecular weight is 620 g/mol. The third kappa shape index (κ3) is 4.87. The Morgan fingerprint density at radius 2 is 2.00 bits per heavy atom. The molecule has 6 rings (SSSR count). The lowest BCUT2D eigenvalue weighted by Crippen LogP contribution is -2.52. The van der Waals surface area contributed by atoms with Gasteiger partial charge in [0.05, 0.1) is 28.4 Å². The molecule has 222 valence electrons. The zero-order valence-corrected chi connectivity index (χ0v) is 24.5. The fourth-order valence-electron chi connectivity index (χ4n) is 5.67. The summed E-state index contributed by atoms with van der Waals surface area (Å²) in [6.07, 6.45) is -1.27. The first-order chi connectivity index (χ1) is 20.1. The Labute approximate surface area is 244 Å². The van der Waals surface area contributed by atoms with Crippen molar-refractivity contribution >= 4 is 49.1 Å². The maximum Gasteiger partial charge on any atom is 0.291 e. The van der Waals surface area contributed by atoms with Gasteiger partial charge in [-0.2, -0.15) is 9.98 Å². The smallest absolute Gasteiger partial charge is 0.291 e. The van der Waals surface area contributed by atoms with Gasteiger partial charge in [-0.05, 0) is 44.5 Å². The van der Waals surface area contributed by atoms with Crippen LogP contribution in [0.25, 0.3) is 27.1 Å². The van der Waals surface area contributed by atoms with Crippen LogP contribution in [0.5, 0.6) is 0 Å². The predicted molar refractivity (Wildman–Crippen MR) is 151 cm³/mol. The first-order valence-electron chi connectivity index (χ1n) is 13.6. The lowest BCUT2D eigenvalue weighted by atomic mass is 10.0. The van der Waals surface area contributed by atoms with E-state index in [-0.39, 0.29) is 22.6 Å². The van der Waals surface area contributed by atoms with Crippen molar-refractivity contribution in [2.24, 2.45) is 0 Å². The average Bonchev–Trinajstić information content (AvgIpc) is 3.41. The highest BCUT2D eigenvalue weighted by Gasteiger charge is 2.47. The van der Waals surface area contributed by atoms with E-state index in [1.54, 1.807) is 6.07 Å². The summed E-state index contributed by atoms with van der Waals surface area (Å²) in [7, 11) is -4.10. The number of nitrogens with zero attached hydrogens (tertiary/aromatic N) is 8. The molecule has 0 amide bonds. The van der Waals surface area contributed by atoms with E-state index in [1.165, 1.54) is 23.0 Å². The number of piperidine rings is 1. The molecule has 1 saturated carbocycles. The number of anilines is 1. The number of sulfonamides is 1. The third-order valence-corrected chi connectivity index (χ3v) is 10.4. The number of nitriles is 1. The molecule has 1 aliphatic carbocycles. The van der Waals surface area contributed by atoms with E-state index in [0.717, 1.165) is 13.1 Å². The van der Waals surface area contributed by atoms with Crippen LogP contribution in [0, 0.1) is 11.3 Å². The van der Waals surface area contributed by atoms with Gasteiger partial charge >= 0.3 is 0 Å². The molecule has 1 N–H and O–H groups in total. The van der Waals surface area contributed by atoms with Crippen molar-refractivity contribution in [2.75, 3.05) is 31.1 Å². The second-order valence-electron chi connectivity index (χ2n) is 10.5. The molecule has 2 fully saturated rings. The van der Waals surface area contributed by atoms with E-state index in [4.69, 9.17) is 0 Å². The van der Waals surface area contributed by atoms with Gasteiger partial charge in [0.25, 0.3) is 6.43 Å². The summed E-state index contributed by atoms with van der Waals surface area (Å²) in [6, 6.07) is 6.19. The largest absolute Gasteiger partial charge is 0.353 e. The van der Waals surface area contributed by atoms with Crippen molar-refractivity contribution in [3.63, 3.8) is 0 Å². The van der Waals surface area contributed by atoms with Crippen LogP contribution in [0.1, 0.15) is 44.5 Å². The number of nitrogens with one attached hydrogen (secondary N) is 1. The van der Waals surface area contributed by atoms with Gasteiger partial charge in [0.2, 0.25) is 15.2 Å². The van der Waals surface area contributed by atoms with E-state index in [2.05, 4.69) is 29.8 Å². The van der Waals surface area contributed by atoms with Gasteiger partial charge in [-0.15, -0.1) is 10.2 Å². The van der Waals surface area contributed by atoms with Gasteiger partial charge in [-0.1, -0.05) is 31.3 Å². The van der Waals surface area contributed by atoms with E-state index in [9.17, 15) is 22.5 Å². The lowest BCUT2D eigenvalue weighted by Gasteiger charge is -2.40. The Hall–Kier alpha value is -3.39. The standard InChI is InChI=1S/C26H28F3N9O2S2/c1-3-36(4-2)18-7-10-37(12-17(18)27)22-20-16-6-5-15(42(39,40)35-26(13-30)8-9-26)11-19(16)38(23(20)32-14-31-22)25-34-33-24(41-25)21(28)29/h5-6,11,14,17-18,21,35H,3-4,7-10,12H2,1-2H3/t17-,18+/m1/s1. The molecule has 4 heterocycles.